The Labute approximate surface area is 118 Å². The van der Waals surface area contributed by atoms with Gasteiger partial charge in [-0.05, 0) is 59.7 Å². The van der Waals surface area contributed by atoms with E-state index in [9.17, 15) is 0 Å². The minimum absolute atomic E-state index is 0.173. The average Bonchev–Trinajstić information content (AvgIpc) is 2.26. The minimum atomic E-state index is 0.173. The van der Waals surface area contributed by atoms with Crippen molar-refractivity contribution < 1.29 is 0 Å². The lowest BCUT2D eigenvalue weighted by Crippen LogP contribution is -2.50. The minimum Gasteiger partial charge on any atom is -0.399 e. The summed E-state index contributed by atoms with van der Waals surface area (Å²) in [6, 6.07) is 0. The number of fused-ring (bicyclic) bond motifs is 1. The van der Waals surface area contributed by atoms with Crippen molar-refractivity contribution in [3.8, 4) is 0 Å². The predicted molar refractivity (Wildman–Crippen MR) is 81.6 cm³/mol. The standard InChI is InChI=1S/C16H29N3/c1-16(2,3)19-11-12(10-18(4)5)8-13-6-7-14(17)9-15(13)19/h7,9,12-13H,6,8,10-11,17H2,1-5H3. The highest BCUT2D eigenvalue weighted by molar-refractivity contribution is 5.29. The van der Waals surface area contributed by atoms with E-state index in [0.29, 0.717) is 5.92 Å². The summed E-state index contributed by atoms with van der Waals surface area (Å²) >= 11 is 0. The van der Waals surface area contributed by atoms with Gasteiger partial charge in [0.25, 0.3) is 0 Å². The Kier molecular flexibility index (Phi) is 3.95. The molecule has 19 heavy (non-hydrogen) atoms. The van der Waals surface area contributed by atoms with Crippen molar-refractivity contribution in [3.63, 3.8) is 0 Å². The van der Waals surface area contributed by atoms with Crippen molar-refractivity contribution in [2.24, 2.45) is 17.6 Å². The van der Waals surface area contributed by atoms with Gasteiger partial charge in [0.2, 0.25) is 0 Å². The molecule has 2 unspecified atom stereocenters. The van der Waals surface area contributed by atoms with E-state index in [1.54, 1.807) is 0 Å². The van der Waals surface area contributed by atoms with Crippen LogP contribution in [-0.2, 0) is 0 Å². The van der Waals surface area contributed by atoms with Gasteiger partial charge in [0.05, 0.1) is 0 Å². The first kappa shape index (κ1) is 14.4. The van der Waals surface area contributed by atoms with Gasteiger partial charge in [-0.3, -0.25) is 0 Å². The number of nitrogens with two attached hydrogens (primary N) is 1. The van der Waals surface area contributed by atoms with Crippen LogP contribution in [0.15, 0.2) is 23.5 Å². The lowest BCUT2D eigenvalue weighted by Gasteiger charge is -2.49. The highest BCUT2D eigenvalue weighted by atomic mass is 15.2. The number of likely N-dealkylation sites (tertiary alicyclic amines) is 1. The van der Waals surface area contributed by atoms with Crippen LogP contribution in [0, 0.1) is 11.8 Å². The molecule has 1 saturated heterocycles. The summed E-state index contributed by atoms with van der Waals surface area (Å²) in [5.74, 6) is 1.41. The lowest BCUT2D eigenvalue weighted by molar-refractivity contribution is 0.0829. The molecule has 3 heteroatoms. The monoisotopic (exact) mass is 263 g/mol. The van der Waals surface area contributed by atoms with Crippen molar-refractivity contribution in [2.45, 2.75) is 39.2 Å². The Morgan fingerprint density at radius 2 is 2.05 bits per heavy atom. The molecule has 0 saturated carbocycles. The summed E-state index contributed by atoms with van der Waals surface area (Å²) < 4.78 is 0. The van der Waals surface area contributed by atoms with E-state index >= 15 is 0 Å². The average molecular weight is 263 g/mol. The van der Waals surface area contributed by atoms with Gasteiger partial charge in [0, 0.05) is 35.9 Å². The van der Waals surface area contributed by atoms with E-state index < -0.39 is 0 Å². The Balaban J connectivity index is 2.23. The highest BCUT2D eigenvalue weighted by Crippen LogP contribution is 2.39. The first-order valence-corrected chi connectivity index (χ1v) is 7.37. The summed E-state index contributed by atoms with van der Waals surface area (Å²) in [5.41, 5.74) is 8.58. The molecular weight excluding hydrogens is 234 g/mol. The Morgan fingerprint density at radius 1 is 1.37 bits per heavy atom. The zero-order valence-electron chi connectivity index (χ0n) is 13.1. The molecule has 2 atom stereocenters. The van der Waals surface area contributed by atoms with E-state index in [1.165, 1.54) is 18.7 Å². The van der Waals surface area contributed by atoms with Gasteiger partial charge >= 0.3 is 0 Å². The van der Waals surface area contributed by atoms with Gasteiger partial charge in [-0.2, -0.15) is 0 Å². The normalized spacial score (nSPS) is 28.0. The van der Waals surface area contributed by atoms with Gasteiger partial charge in [-0.25, -0.2) is 0 Å². The molecule has 0 aromatic rings. The Hall–Kier alpha value is -0.960. The van der Waals surface area contributed by atoms with E-state index in [-0.39, 0.29) is 5.54 Å². The number of nitrogens with zero attached hydrogens (tertiary/aromatic N) is 2. The molecule has 0 amide bonds. The molecular formula is C16H29N3. The second-order valence-corrected chi connectivity index (χ2v) is 7.35. The molecule has 0 aromatic carbocycles. The summed E-state index contributed by atoms with van der Waals surface area (Å²) in [7, 11) is 4.34. The number of rotatable bonds is 2. The molecule has 1 fully saturated rings. The molecule has 2 rings (SSSR count). The molecule has 0 aromatic heterocycles. The fourth-order valence-corrected chi connectivity index (χ4v) is 3.41. The number of piperidine rings is 1. The van der Waals surface area contributed by atoms with Crippen LogP contribution < -0.4 is 5.73 Å². The molecule has 0 bridgehead atoms. The Bertz CT molecular complexity index is 387. The molecule has 1 heterocycles. The third-order valence-electron chi connectivity index (χ3n) is 4.17. The second kappa shape index (κ2) is 5.20. The Morgan fingerprint density at radius 3 is 2.63 bits per heavy atom. The van der Waals surface area contributed by atoms with Crippen LogP contribution >= 0.6 is 0 Å². The van der Waals surface area contributed by atoms with Crippen LogP contribution in [0.2, 0.25) is 0 Å². The van der Waals surface area contributed by atoms with E-state index in [2.05, 4.69) is 56.8 Å². The zero-order chi connectivity index (χ0) is 14.2. The van der Waals surface area contributed by atoms with E-state index in [0.717, 1.165) is 24.6 Å². The summed E-state index contributed by atoms with van der Waals surface area (Å²) in [5, 5.41) is 0. The van der Waals surface area contributed by atoms with Crippen LogP contribution in [-0.4, -0.2) is 42.5 Å². The first-order chi connectivity index (χ1) is 8.77. The van der Waals surface area contributed by atoms with Gasteiger partial charge in [0.1, 0.15) is 0 Å². The van der Waals surface area contributed by atoms with Crippen molar-refractivity contribution in [2.75, 3.05) is 27.2 Å². The third kappa shape index (κ3) is 3.33. The number of allylic oxidation sites excluding steroid dienone is 3. The molecule has 108 valence electrons. The van der Waals surface area contributed by atoms with Crippen molar-refractivity contribution in [1.29, 1.82) is 0 Å². The maximum Gasteiger partial charge on any atom is 0.0315 e. The van der Waals surface area contributed by atoms with E-state index in [1.807, 2.05) is 0 Å². The van der Waals surface area contributed by atoms with Crippen LogP contribution in [0.3, 0.4) is 0 Å². The molecule has 1 aliphatic heterocycles. The highest BCUT2D eigenvalue weighted by Gasteiger charge is 2.36. The molecule has 2 N–H and O–H groups in total. The van der Waals surface area contributed by atoms with Crippen LogP contribution in [0.4, 0.5) is 0 Å². The molecule has 1 aliphatic carbocycles. The molecule has 0 radical (unpaired) electrons. The molecule has 3 nitrogen and oxygen atoms in total. The van der Waals surface area contributed by atoms with Crippen molar-refractivity contribution in [1.82, 2.24) is 9.80 Å². The third-order valence-corrected chi connectivity index (χ3v) is 4.17. The quantitative estimate of drug-likeness (QED) is 0.830. The fourth-order valence-electron chi connectivity index (χ4n) is 3.41. The summed E-state index contributed by atoms with van der Waals surface area (Å²) in [6.07, 6.45) is 6.78. The fraction of sp³-hybridized carbons (Fsp3) is 0.750. The van der Waals surface area contributed by atoms with Gasteiger partial charge in [0.15, 0.2) is 0 Å². The first-order valence-electron chi connectivity index (χ1n) is 7.37. The summed E-state index contributed by atoms with van der Waals surface area (Å²) in [4.78, 5) is 4.89. The zero-order valence-corrected chi connectivity index (χ0v) is 13.1. The van der Waals surface area contributed by atoms with E-state index in [4.69, 9.17) is 5.73 Å². The molecule has 2 aliphatic rings. The predicted octanol–water partition coefficient (Wildman–Crippen LogP) is 2.41. The second-order valence-electron chi connectivity index (χ2n) is 7.35. The van der Waals surface area contributed by atoms with Gasteiger partial charge in [-0.15, -0.1) is 0 Å². The van der Waals surface area contributed by atoms with Crippen molar-refractivity contribution in [3.05, 3.63) is 23.5 Å². The largest absolute Gasteiger partial charge is 0.399 e. The maximum atomic E-state index is 6.01. The lowest BCUT2D eigenvalue weighted by atomic mass is 9.79. The van der Waals surface area contributed by atoms with Crippen LogP contribution in [0.25, 0.3) is 0 Å². The topological polar surface area (TPSA) is 32.5 Å². The van der Waals surface area contributed by atoms with Gasteiger partial charge in [-0.1, -0.05) is 6.08 Å². The van der Waals surface area contributed by atoms with Crippen LogP contribution in [0.5, 0.6) is 0 Å². The van der Waals surface area contributed by atoms with Crippen molar-refractivity contribution >= 4 is 0 Å². The number of hydrogen-bond donors (Lipinski definition) is 1. The maximum absolute atomic E-state index is 6.01. The van der Waals surface area contributed by atoms with Gasteiger partial charge < -0.3 is 15.5 Å². The SMILES string of the molecule is CN(C)CC1CC2CC=C(N)C=C2N(C(C)(C)C)C1. The smallest absolute Gasteiger partial charge is 0.0315 e. The molecule has 0 spiro atoms. The summed E-state index contributed by atoms with van der Waals surface area (Å²) in [6.45, 7) is 9.24. The van der Waals surface area contributed by atoms with Crippen LogP contribution in [0.1, 0.15) is 33.6 Å². The number of hydrogen-bond acceptors (Lipinski definition) is 3.